The number of hydrogen-bond acceptors (Lipinski definition) is 2. The second-order valence-corrected chi connectivity index (χ2v) is 4.53. The van der Waals surface area contributed by atoms with Crippen molar-refractivity contribution in [3.63, 3.8) is 0 Å². The highest BCUT2D eigenvalue weighted by Crippen LogP contribution is 2.27. The summed E-state index contributed by atoms with van der Waals surface area (Å²) in [6.07, 6.45) is 3.55. The summed E-state index contributed by atoms with van der Waals surface area (Å²) in [7, 11) is 0. The second kappa shape index (κ2) is 3.77. The Morgan fingerprint density at radius 1 is 1.00 bits per heavy atom. The highest BCUT2D eigenvalue weighted by molar-refractivity contribution is 5.67. The number of benzene rings is 1. The third-order valence-corrected chi connectivity index (χ3v) is 3.30. The van der Waals surface area contributed by atoms with Gasteiger partial charge in [0, 0.05) is 6.07 Å². The molecule has 1 aromatic carbocycles. The van der Waals surface area contributed by atoms with Crippen LogP contribution in [0.5, 0.6) is 0 Å². The Morgan fingerprint density at radius 3 is 2.65 bits per heavy atom. The maximum absolute atomic E-state index is 11.4. The minimum Gasteiger partial charge on any atom is -0.385 e. The van der Waals surface area contributed by atoms with Crippen LogP contribution in [0, 0.1) is 0 Å². The van der Waals surface area contributed by atoms with Gasteiger partial charge in [-0.2, -0.15) is 0 Å². The van der Waals surface area contributed by atoms with Crippen LogP contribution in [0.3, 0.4) is 0 Å². The van der Waals surface area contributed by atoms with Crippen LogP contribution in [0.25, 0.3) is 11.1 Å². The van der Waals surface area contributed by atoms with Crippen molar-refractivity contribution in [2.24, 2.45) is 0 Å². The lowest BCUT2D eigenvalue weighted by Crippen LogP contribution is -2.07. The van der Waals surface area contributed by atoms with Crippen molar-refractivity contribution in [3.05, 3.63) is 51.8 Å². The molecule has 0 amide bonds. The van der Waals surface area contributed by atoms with Crippen molar-refractivity contribution >= 4 is 5.82 Å². The molecule has 17 heavy (non-hydrogen) atoms. The van der Waals surface area contributed by atoms with E-state index < -0.39 is 0 Å². The first-order valence-corrected chi connectivity index (χ1v) is 5.84. The molecule has 0 saturated carbocycles. The van der Waals surface area contributed by atoms with E-state index in [1.165, 1.54) is 24.0 Å². The van der Waals surface area contributed by atoms with Crippen LogP contribution < -0.4 is 11.3 Å². The number of aromatic nitrogens is 1. The van der Waals surface area contributed by atoms with Crippen LogP contribution in [-0.2, 0) is 12.8 Å². The fraction of sp³-hybridized carbons (Fsp3) is 0.214. The summed E-state index contributed by atoms with van der Waals surface area (Å²) in [5.41, 5.74) is 10.3. The van der Waals surface area contributed by atoms with E-state index in [1.807, 2.05) is 0 Å². The van der Waals surface area contributed by atoms with Crippen molar-refractivity contribution in [3.8, 4) is 11.1 Å². The van der Waals surface area contributed by atoms with Gasteiger partial charge in [-0.3, -0.25) is 4.79 Å². The smallest absolute Gasteiger partial charge is 0.250 e. The second-order valence-electron chi connectivity index (χ2n) is 4.53. The summed E-state index contributed by atoms with van der Waals surface area (Å²) >= 11 is 0. The monoisotopic (exact) mass is 226 g/mol. The zero-order valence-corrected chi connectivity index (χ0v) is 9.49. The molecule has 3 heteroatoms. The molecule has 1 aromatic heterocycles. The number of rotatable bonds is 1. The first-order chi connectivity index (χ1) is 8.22. The molecule has 0 saturated heterocycles. The number of nitrogens with one attached hydrogen (secondary N) is 1. The Hall–Kier alpha value is -2.03. The normalized spacial score (nSPS) is 13.6. The summed E-state index contributed by atoms with van der Waals surface area (Å²) in [4.78, 5) is 13.9. The fourth-order valence-corrected chi connectivity index (χ4v) is 2.48. The third kappa shape index (κ3) is 1.84. The van der Waals surface area contributed by atoms with Crippen LogP contribution in [-0.4, -0.2) is 4.98 Å². The van der Waals surface area contributed by atoms with Gasteiger partial charge in [0.2, 0.25) is 5.56 Å². The van der Waals surface area contributed by atoms with Gasteiger partial charge in [0.1, 0.15) is 5.82 Å². The van der Waals surface area contributed by atoms with Crippen molar-refractivity contribution in [2.75, 3.05) is 5.73 Å². The molecule has 0 aliphatic heterocycles. The molecule has 0 fully saturated rings. The first kappa shape index (κ1) is 10.1. The Kier molecular flexibility index (Phi) is 2.25. The van der Waals surface area contributed by atoms with Crippen LogP contribution in [0.15, 0.2) is 35.1 Å². The van der Waals surface area contributed by atoms with Crippen LogP contribution >= 0.6 is 0 Å². The molecule has 86 valence electrons. The van der Waals surface area contributed by atoms with E-state index >= 15 is 0 Å². The minimum absolute atomic E-state index is 0.152. The summed E-state index contributed by atoms with van der Waals surface area (Å²) < 4.78 is 0. The lowest BCUT2D eigenvalue weighted by atomic mass is 10.0. The molecule has 0 unspecified atom stereocenters. The number of aryl methyl sites for hydroxylation is 2. The zero-order chi connectivity index (χ0) is 11.8. The van der Waals surface area contributed by atoms with Crippen LogP contribution in [0.1, 0.15) is 17.5 Å². The predicted molar refractivity (Wildman–Crippen MR) is 68.9 cm³/mol. The van der Waals surface area contributed by atoms with E-state index in [1.54, 1.807) is 12.1 Å². The van der Waals surface area contributed by atoms with E-state index in [0.717, 1.165) is 17.5 Å². The van der Waals surface area contributed by atoms with Gasteiger partial charge in [-0.25, -0.2) is 0 Å². The van der Waals surface area contributed by atoms with E-state index in [9.17, 15) is 4.79 Å². The molecular formula is C14H14N2O. The number of pyridine rings is 1. The molecule has 0 radical (unpaired) electrons. The third-order valence-electron chi connectivity index (χ3n) is 3.30. The average Bonchev–Trinajstić information content (AvgIpc) is 2.74. The average molecular weight is 226 g/mol. The van der Waals surface area contributed by atoms with Gasteiger partial charge in [0.05, 0.1) is 0 Å². The molecule has 0 atom stereocenters. The minimum atomic E-state index is -0.152. The Balaban J connectivity index is 2.12. The van der Waals surface area contributed by atoms with Gasteiger partial charge < -0.3 is 10.7 Å². The summed E-state index contributed by atoms with van der Waals surface area (Å²) in [5.74, 6) is 0.410. The zero-order valence-electron chi connectivity index (χ0n) is 9.49. The number of H-pyrrole nitrogens is 1. The molecule has 0 bridgehead atoms. The SMILES string of the molecule is Nc1cc(-c2ccc3c(c2)CCC3)cc(=O)[nH]1. The molecule has 3 rings (SSSR count). The van der Waals surface area contributed by atoms with Gasteiger partial charge >= 0.3 is 0 Å². The maximum Gasteiger partial charge on any atom is 0.250 e. The molecule has 3 nitrogen and oxygen atoms in total. The molecule has 1 heterocycles. The fourth-order valence-electron chi connectivity index (χ4n) is 2.48. The number of hydrogen-bond donors (Lipinski definition) is 2. The summed E-state index contributed by atoms with van der Waals surface area (Å²) in [6.45, 7) is 0. The number of aromatic amines is 1. The Morgan fingerprint density at radius 2 is 1.82 bits per heavy atom. The van der Waals surface area contributed by atoms with E-state index in [4.69, 9.17) is 5.73 Å². The van der Waals surface area contributed by atoms with Gasteiger partial charge in [0.25, 0.3) is 0 Å². The first-order valence-electron chi connectivity index (χ1n) is 5.84. The number of nitrogen functional groups attached to an aromatic ring is 1. The number of fused-ring (bicyclic) bond motifs is 1. The molecule has 2 aromatic rings. The number of anilines is 1. The van der Waals surface area contributed by atoms with Gasteiger partial charge in [-0.1, -0.05) is 18.2 Å². The Bertz CT molecular complexity index is 628. The van der Waals surface area contributed by atoms with Crippen LogP contribution in [0.4, 0.5) is 5.82 Å². The van der Waals surface area contributed by atoms with E-state index in [2.05, 4.69) is 23.2 Å². The molecule has 1 aliphatic rings. The molecular weight excluding hydrogens is 212 g/mol. The van der Waals surface area contributed by atoms with E-state index in [-0.39, 0.29) is 5.56 Å². The lowest BCUT2D eigenvalue weighted by Gasteiger charge is -2.05. The predicted octanol–water partition coefficient (Wildman–Crippen LogP) is 2.11. The molecule has 3 N–H and O–H groups in total. The summed E-state index contributed by atoms with van der Waals surface area (Å²) in [6, 6.07) is 9.80. The van der Waals surface area contributed by atoms with Crippen molar-refractivity contribution in [2.45, 2.75) is 19.3 Å². The maximum atomic E-state index is 11.4. The van der Waals surface area contributed by atoms with Gasteiger partial charge in [0.15, 0.2) is 0 Å². The quantitative estimate of drug-likeness (QED) is 0.782. The molecule has 0 spiro atoms. The van der Waals surface area contributed by atoms with Gasteiger partial charge in [-0.05, 0) is 47.6 Å². The van der Waals surface area contributed by atoms with Crippen molar-refractivity contribution < 1.29 is 0 Å². The Labute approximate surface area is 99.3 Å². The largest absolute Gasteiger partial charge is 0.385 e. The molecule has 1 aliphatic carbocycles. The van der Waals surface area contributed by atoms with Crippen molar-refractivity contribution in [1.29, 1.82) is 0 Å². The standard InChI is InChI=1S/C14H14N2O/c15-13-7-12(8-14(17)16-13)11-5-4-9-2-1-3-10(9)6-11/h4-8H,1-3H2,(H3,15,16,17). The highest BCUT2D eigenvalue weighted by Gasteiger charge is 2.11. The van der Waals surface area contributed by atoms with Crippen molar-refractivity contribution in [1.82, 2.24) is 4.98 Å². The van der Waals surface area contributed by atoms with Gasteiger partial charge in [-0.15, -0.1) is 0 Å². The summed E-state index contributed by atoms with van der Waals surface area (Å²) in [5, 5.41) is 0. The highest BCUT2D eigenvalue weighted by atomic mass is 16.1. The number of nitrogens with two attached hydrogens (primary N) is 1. The topological polar surface area (TPSA) is 58.9 Å². The van der Waals surface area contributed by atoms with Crippen LogP contribution in [0.2, 0.25) is 0 Å². The van der Waals surface area contributed by atoms with E-state index in [0.29, 0.717) is 5.82 Å². The lowest BCUT2D eigenvalue weighted by molar-refractivity contribution is 0.912.